The third-order valence-electron chi connectivity index (χ3n) is 12.5. The Labute approximate surface area is 448 Å². The summed E-state index contributed by atoms with van der Waals surface area (Å²) in [7, 11) is -4.39. The van der Waals surface area contributed by atoms with E-state index in [0.717, 1.165) is 89.9 Å². The van der Waals surface area contributed by atoms with Gasteiger partial charge in [0.2, 0.25) is 0 Å². The number of carbonyl (C=O) groups excluding carboxylic acids is 2. The van der Waals surface area contributed by atoms with Gasteiger partial charge in [0.05, 0.1) is 13.2 Å². The Morgan fingerprint density at radius 2 is 0.753 bits per heavy atom. The summed E-state index contributed by atoms with van der Waals surface area (Å²) >= 11 is 0. The summed E-state index contributed by atoms with van der Waals surface area (Å²) in [6.07, 6.45) is 77.4. The minimum atomic E-state index is -4.39. The smallest absolute Gasteiger partial charge is 0.462 e. The highest BCUT2D eigenvalue weighted by atomic mass is 31.2. The quantitative estimate of drug-likeness (QED) is 0.0264. The number of phosphoric ester groups is 1. The third-order valence-corrected chi connectivity index (χ3v) is 13.4. The van der Waals surface area contributed by atoms with E-state index in [2.05, 4.69) is 111 Å². The molecule has 9 nitrogen and oxygen atoms in total. The molecule has 0 aromatic heterocycles. The lowest BCUT2D eigenvalue weighted by atomic mass is 10.0. The molecule has 0 aliphatic carbocycles. The summed E-state index contributed by atoms with van der Waals surface area (Å²) < 4.78 is 33.0. The molecule has 420 valence electrons. The van der Waals surface area contributed by atoms with Gasteiger partial charge in [0.15, 0.2) is 6.10 Å². The lowest BCUT2D eigenvalue weighted by Gasteiger charge is -2.19. The molecule has 10 heteroatoms. The van der Waals surface area contributed by atoms with Crippen LogP contribution in [0.2, 0.25) is 0 Å². The molecule has 0 saturated heterocycles. The second-order valence-electron chi connectivity index (χ2n) is 19.5. The molecule has 2 unspecified atom stereocenters. The number of allylic oxidation sites excluding steroid dienone is 16. The van der Waals surface area contributed by atoms with Crippen molar-refractivity contribution in [1.29, 1.82) is 0 Å². The van der Waals surface area contributed by atoms with Crippen LogP contribution in [0.15, 0.2) is 97.2 Å². The maximum absolute atomic E-state index is 12.7. The van der Waals surface area contributed by atoms with Crippen LogP contribution < -0.4 is 5.73 Å². The Balaban J connectivity index is 3.98. The largest absolute Gasteiger partial charge is 0.472 e. The Kier molecular flexibility index (Phi) is 55.7. The molecular weight excluding hydrogens is 930 g/mol. The van der Waals surface area contributed by atoms with Crippen LogP contribution in [-0.4, -0.2) is 49.3 Å². The van der Waals surface area contributed by atoms with Gasteiger partial charge in [-0.25, -0.2) is 4.57 Å². The second kappa shape index (κ2) is 58.2. The monoisotopic (exact) mass is 1040 g/mol. The Bertz CT molecular complexity index is 1510. The molecule has 0 aliphatic rings. The van der Waals surface area contributed by atoms with Crippen LogP contribution in [-0.2, 0) is 32.7 Å². The molecular formula is C63H110NO8P. The number of nitrogens with two attached hydrogens (primary N) is 1. The minimum Gasteiger partial charge on any atom is -0.462 e. The van der Waals surface area contributed by atoms with Gasteiger partial charge in [-0.3, -0.25) is 18.6 Å². The van der Waals surface area contributed by atoms with E-state index >= 15 is 0 Å². The molecule has 3 N–H and O–H groups in total. The summed E-state index contributed by atoms with van der Waals surface area (Å²) in [5.74, 6) is -0.832. The van der Waals surface area contributed by atoms with Gasteiger partial charge >= 0.3 is 19.8 Å². The highest BCUT2D eigenvalue weighted by Gasteiger charge is 2.26. The van der Waals surface area contributed by atoms with Crippen molar-refractivity contribution in [2.24, 2.45) is 5.73 Å². The summed E-state index contributed by atoms with van der Waals surface area (Å²) in [5, 5.41) is 0. The van der Waals surface area contributed by atoms with E-state index in [1.54, 1.807) is 0 Å². The topological polar surface area (TPSA) is 134 Å². The van der Waals surface area contributed by atoms with Crippen molar-refractivity contribution in [1.82, 2.24) is 0 Å². The zero-order chi connectivity index (χ0) is 53.1. The highest BCUT2D eigenvalue weighted by Crippen LogP contribution is 2.43. The first kappa shape index (κ1) is 69.9. The minimum absolute atomic E-state index is 0.0493. The van der Waals surface area contributed by atoms with Crippen LogP contribution in [0.5, 0.6) is 0 Å². The van der Waals surface area contributed by atoms with Crippen molar-refractivity contribution in [3.63, 3.8) is 0 Å². The Morgan fingerprint density at radius 3 is 1.14 bits per heavy atom. The zero-order valence-electron chi connectivity index (χ0n) is 46.8. The van der Waals surface area contributed by atoms with E-state index in [-0.39, 0.29) is 38.6 Å². The number of carbonyl (C=O) groups is 2. The molecule has 0 saturated carbocycles. The lowest BCUT2D eigenvalue weighted by molar-refractivity contribution is -0.161. The van der Waals surface area contributed by atoms with Crippen LogP contribution in [0, 0.1) is 0 Å². The van der Waals surface area contributed by atoms with Gasteiger partial charge in [-0.05, 0) is 96.3 Å². The molecule has 0 fully saturated rings. The number of ether oxygens (including phenoxy) is 2. The Morgan fingerprint density at radius 1 is 0.425 bits per heavy atom. The number of unbranched alkanes of at least 4 members (excludes halogenated alkanes) is 26. The fourth-order valence-electron chi connectivity index (χ4n) is 8.08. The molecule has 0 aromatic rings. The first-order valence-corrected chi connectivity index (χ1v) is 31.2. The van der Waals surface area contributed by atoms with Crippen LogP contribution in [0.3, 0.4) is 0 Å². The summed E-state index contributed by atoms with van der Waals surface area (Å²) in [5.41, 5.74) is 5.38. The lowest BCUT2D eigenvalue weighted by Crippen LogP contribution is -2.29. The average molecular weight is 1040 g/mol. The molecule has 0 spiro atoms. The van der Waals surface area contributed by atoms with E-state index in [9.17, 15) is 19.0 Å². The first-order chi connectivity index (χ1) is 35.8. The highest BCUT2D eigenvalue weighted by molar-refractivity contribution is 7.47. The van der Waals surface area contributed by atoms with Crippen LogP contribution >= 0.6 is 7.82 Å². The van der Waals surface area contributed by atoms with E-state index < -0.39 is 26.5 Å². The molecule has 0 bridgehead atoms. The maximum atomic E-state index is 12.7. The van der Waals surface area contributed by atoms with Crippen molar-refractivity contribution in [3.05, 3.63) is 97.2 Å². The van der Waals surface area contributed by atoms with E-state index in [1.807, 2.05) is 0 Å². The van der Waals surface area contributed by atoms with Crippen molar-refractivity contribution < 1.29 is 37.6 Å². The predicted molar refractivity (Wildman–Crippen MR) is 312 cm³/mol. The number of hydrogen-bond donors (Lipinski definition) is 2. The fourth-order valence-corrected chi connectivity index (χ4v) is 8.85. The van der Waals surface area contributed by atoms with E-state index in [0.29, 0.717) is 6.42 Å². The van der Waals surface area contributed by atoms with E-state index in [4.69, 9.17) is 24.3 Å². The normalized spacial score (nSPS) is 13.8. The molecule has 0 amide bonds. The summed E-state index contributed by atoms with van der Waals surface area (Å²) in [6.45, 7) is 3.63. The molecule has 0 rings (SSSR count). The van der Waals surface area contributed by atoms with Gasteiger partial charge in [-0.2, -0.15) is 0 Å². The van der Waals surface area contributed by atoms with Crippen LogP contribution in [0.25, 0.3) is 0 Å². The summed E-state index contributed by atoms with van der Waals surface area (Å²) in [6, 6.07) is 0. The Hall–Kier alpha value is -3.07. The van der Waals surface area contributed by atoms with Gasteiger partial charge in [0.1, 0.15) is 6.61 Å². The maximum Gasteiger partial charge on any atom is 0.472 e. The SMILES string of the molecule is CC/C=C\C/C=C\C/C=C\C/C=C\C/C=C\C/C=C\C/C=C\CCCCCCCCCCCCCC(=O)OC(COC(=O)CCCCCCCCCCC/C=C\CCCCCCCC)COP(=O)(O)OCCN. The molecule has 2 atom stereocenters. The van der Waals surface area contributed by atoms with Gasteiger partial charge in [0.25, 0.3) is 0 Å². The van der Waals surface area contributed by atoms with Crippen molar-refractivity contribution in [2.45, 2.75) is 264 Å². The zero-order valence-corrected chi connectivity index (χ0v) is 47.7. The molecule has 0 aromatic carbocycles. The molecule has 0 radical (unpaired) electrons. The number of rotatable bonds is 55. The molecule has 73 heavy (non-hydrogen) atoms. The van der Waals surface area contributed by atoms with Crippen molar-refractivity contribution in [2.75, 3.05) is 26.4 Å². The molecule has 0 aliphatic heterocycles. The van der Waals surface area contributed by atoms with Crippen molar-refractivity contribution >= 4 is 19.8 Å². The van der Waals surface area contributed by atoms with Crippen LogP contribution in [0.4, 0.5) is 0 Å². The van der Waals surface area contributed by atoms with Gasteiger partial charge in [-0.1, -0.05) is 246 Å². The summed E-state index contributed by atoms with van der Waals surface area (Å²) in [4.78, 5) is 35.2. The van der Waals surface area contributed by atoms with Gasteiger partial charge < -0.3 is 20.1 Å². The second-order valence-corrected chi connectivity index (χ2v) is 20.9. The van der Waals surface area contributed by atoms with Crippen LogP contribution in [0.1, 0.15) is 258 Å². The predicted octanol–water partition coefficient (Wildman–Crippen LogP) is 18.8. The standard InChI is InChI=1S/C63H110NO8P/c1-3-5-7-9-11-13-15-17-19-21-23-24-25-26-27-28-29-30-31-32-33-34-35-36-38-40-42-44-46-48-50-52-54-56-63(66)72-61(60-71-73(67,68)70-58-57-64)59-69-62(65)55-53-51-49-47-45-43-41-39-37-22-20-18-16-14-12-10-8-6-4-2/h5,7,11,13,17-20,23-24,26-27,29-30,32-33,61H,3-4,6,8-10,12,14-16,21-22,25,28,31,34-60,64H2,1-2H3,(H,67,68)/b7-5-,13-11-,19-17-,20-18-,24-23-,27-26-,30-29-,33-32-. The van der Waals surface area contributed by atoms with Gasteiger partial charge in [0, 0.05) is 19.4 Å². The number of phosphoric acid groups is 1. The average Bonchev–Trinajstić information content (AvgIpc) is 3.38. The molecule has 0 heterocycles. The number of esters is 2. The van der Waals surface area contributed by atoms with Gasteiger partial charge in [-0.15, -0.1) is 0 Å². The van der Waals surface area contributed by atoms with E-state index in [1.165, 1.54) is 135 Å². The first-order valence-electron chi connectivity index (χ1n) is 29.7. The third kappa shape index (κ3) is 58.1. The number of hydrogen-bond acceptors (Lipinski definition) is 8. The fraction of sp³-hybridized carbons (Fsp3) is 0.714. The van der Waals surface area contributed by atoms with Crippen molar-refractivity contribution in [3.8, 4) is 0 Å².